The quantitative estimate of drug-likeness (QED) is 0.0123. The molecule has 6 atom stereocenters. The molecule has 0 aliphatic carbocycles. The fraction of sp³-hybridized carbons (Fsp3) is 0.505. The zero-order valence-corrected chi connectivity index (χ0v) is 73.6. The molecule has 118 heavy (non-hydrogen) atoms. The molecule has 2 aliphatic heterocycles. The number of carbonyl (C=O) groups excluding carboxylic acids is 6. The number of ketones is 1. The number of nitrogens with zero attached hydrogens (tertiary/aromatic N) is 2. The number of aliphatic hydroxyl groups is 1. The minimum absolute atomic E-state index is 0.0836. The van der Waals surface area contributed by atoms with Gasteiger partial charge in [-0.1, -0.05) is 215 Å². The zero-order chi connectivity index (χ0) is 85.9. The largest absolute Gasteiger partial charge is 0.513 e. The van der Waals surface area contributed by atoms with Crippen molar-refractivity contribution in [1.82, 2.24) is 0 Å². The molecule has 0 aromatic heterocycles. The van der Waals surface area contributed by atoms with Crippen molar-refractivity contribution in [3.8, 4) is 34.5 Å². The van der Waals surface area contributed by atoms with Crippen LogP contribution in [0.15, 0.2) is 191 Å². The van der Waals surface area contributed by atoms with Gasteiger partial charge in [0.15, 0.2) is 0 Å². The molecule has 17 heteroatoms. The molecule has 0 bridgehead atoms. The highest BCUT2D eigenvalue weighted by Gasteiger charge is 2.56. The lowest BCUT2D eigenvalue weighted by atomic mass is 9.59. The Hall–Kier alpha value is -9.90. The number of esters is 5. The summed E-state index contributed by atoms with van der Waals surface area (Å²) in [5.41, 5.74) is 8.08. The van der Waals surface area contributed by atoms with Crippen LogP contribution in [0.3, 0.4) is 0 Å². The summed E-state index contributed by atoms with van der Waals surface area (Å²) in [5, 5.41) is 18.8. The van der Waals surface area contributed by atoms with Gasteiger partial charge in [-0.05, 0) is 242 Å². The Morgan fingerprint density at radius 1 is 0.390 bits per heavy atom. The molecule has 8 rings (SSSR count). The highest BCUT2D eigenvalue weighted by atomic mass is 16.7. The average molecular weight is 1620 g/mol. The Morgan fingerprint density at radius 3 is 0.898 bits per heavy atom. The molecule has 2 aliphatic rings. The van der Waals surface area contributed by atoms with Gasteiger partial charge >= 0.3 is 29.8 Å². The van der Waals surface area contributed by atoms with Gasteiger partial charge in [-0.25, -0.2) is 0 Å². The number of unbranched alkanes of at least 4 members (excludes halogenated alkanes) is 5. The summed E-state index contributed by atoms with van der Waals surface area (Å²) in [6.07, 6.45) is 24.3. The lowest BCUT2D eigenvalue weighted by Gasteiger charge is -2.42. The smallest absolute Gasteiger partial charge is 0.311 e. The maximum absolute atomic E-state index is 13.4. The van der Waals surface area contributed by atoms with Crippen molar-refractivity contribution < 1.29 is 72.0 Å². The van der Waals surface area contributed by atoms with Crippen LogP contribution in [0.2, 0.25) is 0 Å². The van der Waals surface area contributed by atoms with Gasteiger partial charge in [-0.2, -0.15) is 0 Å². The fourth-order valence-electron chi connectivity index (χ4n) is 16.2. The molecule has 0 amide bonds. The molecular weight excluding hydrogens is 1480 g/mol. The topological polar surface area (TPSA) is 221 Å². The maximum Gasteiger partial charge on any atom is 0.311 e. The van der Waals surface area contributed by atoms with Crippen molar-refractivity contribution in [1.29, 1.82) is 0 Å². The molecule has 6 aromatic carbocycles. The molecule has 6 unspecified atom stereocenters. The Labute approximate surface area is 704 Å². The molecule has 0 spiro atoms. The van der Waals surface area contributed by atoms with Gasteiger partial charge in [0.05, 0.1) is 35.1 Å². The predicted octanol–water partition coefficient (Wildman–Crippen LogP) is 25.0. The van der Waals surface area contributed by atoms with Crippen LogP contribution in [0.4, 0.5) is 0 Å². The van der Waals surface area contributed by atoms with Crippen molar-refractivity contribution in [2.24, 2.45) is 21.1 Å². The summed E-state index contributed by atoms with van der Waals surface area (Å²) in [5.74, 6) is 1.54. The Bertz CT molecular complexity index is 4340. The van der Waals surface area contributed by atoms with E-state index in [1.54, 1.807) is 38.3 Å². The van der Waals surface area contributed by atoms with E-state index in [9.17, 15) is 28.8 Å². The monoisotopic (exact) mass is 1610 g/mol. The molecule has 0 saturated carbocycles. The number of oxime groups is 2. The van der Waals surface area contributed by atoms with Gasteiger partial charge < -0.3 is 48.0 Å². The van der Waals surface area contributed by atoms with Gasteiger partial charge in [0, 0.05) is 61.2 Å². The number of rotatable bonds is 47. The minimum atomic E-state index is -0.751. The summed E-state index contributed by atoms with van der Waals surface area (Å²) >= 11 is 0. The average Bonchev–Trinajstić information content (AvgIpc) is 1.49. The van der Waals surface area contributed by atoms with Gasteiger partial charge in [0.1, 0.15) is 52.5 Å². The summed E-state index contributed by atoms with van der Waals surface area (Å²) in [6.45, 7) is 31.7. The second kappa shape index (κ2) is 47.0. The van der Waals surface area contributed by atoms with E-state index in [-0.39, 0.29) is 67.4 Å². The number of methoxy groups -OCH3 is 1. The van der Waals surface area contributed by atoms with Crippen LogP contribution in [-0.2, 0) is 54.7 Å². The van der Waals surface area contributed by atoms with Gasteiger partial charge in [-0.15, -0.1) is 0 Å². The number of Topliss-reactive ketones (excluding diaryl/α,β-unsaturated/α-hetero) is 1. The van der Waals surface area contributed by atoms with Crippen LogP contribution in [0.5, 0.6) is 34.5 Å². The van der Waals surface area contributed by atoms with E-state index >= 15 is 0 Å². The van der Waals surface area contributed by atoms with Crippen molar-refractivity contribution >= 4 is 47.1 Å². The summed E-state index contributed by atoms with van der Waals surface area (Å²) < 4.78 is 34.7. The molecule has 638 valence electrons. The zero-order valence-electron chi connectivity index (χ0n) is 73.6. The lowest BCUT2D eigenvalue weighted by Crippen LogP contribution is -2.48. The van der Waals surface area contributed by atoms with E-state index in [0.29, 0.717) is 79.5 Å². The number of benzene rings is 6. The minimum Gasteiger partial charge on any atom is -0.513 e. The number of allylic oxidation sites excluding steroid dienone is 6. The van der Waals surface area contributed by atoms with E-state index in [1.165, 1.54) is 11.1 Å². The third-order valence-electron chi connectivity index (χ3n) is 23.8. The second-order valence-corrected chi connectivity index (χ2v) is 32.7. The van der Waals surface area contributed by atoms with Crippen LogP contribution in [0, 0.1) is 10.8 Å². The number of aliphatic hydroxyl groups excluding tert-OH is 1. The van der Waals surface area contributed by atoms with Crippen LogP contribution in [0.1, 0.15) is 317 Å². The third kappa shape index (κ3) is 26.1. The summed E-state index contributed by atoms with van der Waals surface area (Å²) in [6, 6.07) is 46.4. The van der Waals surface area contributed by atoms with E-state index in [1.807, 2.05) is 117 Å². The number of hydrogen-bond acceptors (Lipinski definition) is 17. The van der Waals surface area contributed by atoms with Crippen LogP contribution in [0.25, 0.3) is 0 Å². The summed E-state index contributed by atoms with van der Waals surface area (Å²) in [4.78, 5) is 90.1. The van der Waals surface area contributed by atoms with E-state index in [4.69, 9.17) is 53.5 Å². The molecule has 0 fully saturated rings. The van der Waals surface area contributed by atoms with E-state index < -0.39 is 39.6 Å². The van der Waals surface area contributed by atoms with E-state index in [2.05, 4.69) is 120 Å². The molecule has 17 nitrogen and oxygen atoms in total. The lowest BCUT2D eigenvalue weighted by molar-refractivity contribution is -0.136. The van der Waals surface area contributed by atoms with Crippen LogP contribution >= 0.6 is 0 Å². The van der Waals surface area contributed by atoms with Crippen LogP contribution in [-0.4, -0.2) is 71.5 Å². The molecule has 0 saturated heterocycles. The molecule has 2 heterocycles. The SMILES string of the molecule is CC/C=C(/C)CCC1ON=C(C(CCCC)(c2ccc(OC)cc2)c2ccc(OC(=O)CCCCC(=O)Oc3ccc(C(C)(C)c4ccc(OC(=O)CCCCC(=O)Oc5ccc(C(CCCC)(C6=NOC(CC/C(C)=C\CC)C6(C)CC)c6ccc(OC(=O)CCCCC(C)=O)cc6)cc5)cc4)cc3)cc2)C1(C)CC.CC/C=C(/O)CC. The molecule has 0 radical (unpaired) electrons. The number of hydrogen-bond donors (Lipinski definition) is 1. The third-order valence-corrected chi connectivity index (χ3v) is 23.8. The maximum atomic E-state index is 13.4. The molecule has 6 aromatic rings. The molecule has 1 N–H and O–H groups in total. The first kappa shape index (κ1) is 95.2. The normalized spacial score (nSPS) is 17.7. The predicted molar refractivity (Wildman–Crippen MR) is 471 cm³/mol. The van der Waals surface area contributed by atoms with Crippen molar-refractivity contribution in [2.75, 3.05) is 7.11 Å². The van der Waals surface area contributed by atoms with Gasteiger partial charge in [0.25, 0.3) is 0 Å². The highest BCUT2D eigenvalue weighted by Crippen LogP contribution is 2.54. The first-order chi connectivity index (χ1) is 56.7. The molecular formula is C101H134N2O15. The van der Waals surface area contributed by atoms with Gasteiger partial charge in [0.2, 0.25) is 0 Å². The second-order valence-electron chi connectivity index (χ2n) is 32.7. The van der Waals surface area contributed by atoms with Crippen molar-refractivity contribution in [3.63, 3.8) is 0 Å². The Kier molecular flexibility index (Phi) is 38.0. The van der Waals surface area contributed by atoms with Gasteiger partial charge in [-0.3, -0.25) is 24.0 Å². The Morgan fingerprint density at radius 2 is 0.661 bits per heavy atom. The highest BCUT2D eigenvalue weighted by molar-refractivity contribution is 6.04. The number of carbonyl (C=O) groups is 6. The van der Waals surface area contributed by atoms with Crippen molar-refractivity contribution in [3.05, 3.63) is 214 Å². The first-order valence-corrected chi connectivity index (χ1v) is 43.6. The van der Waals surface area contributed by atoms with Crippen molar-refractivity contribution in [2.45, 2.75) is 312 Å². The fourth-order valence-corrected chi connectivity index (χ4v) is 16.2. The Balaban J connectivity index is 0.00000262. The standard InChI is InChI=1S/C95H122N2O14.C6H12O/c1-15-21-65-94(72-43-51-76(104-14)52-44-72,89-92(12,19-5)82(110-96-89)63-37-67(7)29-17-3)73-45-57-80(58-46-73)108-87(102)35-27-25-33-85(100)105-77-53-39-70(40-54-77)91(10,11)71-41-55-78(56-42-71)106-86(101)34-26-28-36-88(103)109-81-61-49-75(50-62-81)95(66-22-16-2,90-93(13,20-6)83(111-97-90)64-38-68(8)30-18-4)74-47-59-79(60-48-74)107-84(99)32-24-23-31-69(9)98;1-3-5-6(7)4-2/h29-30,39-62,82-83H,15-28,31-38,63-66H2,1-14H3;5,7H,3-4H2,1-2H3/b67-29-,68-30-;6-5+. The first-order valence-electron chi connectivity index (χ1n) is 43.6. The summed E-state index contributed by atoms with van der Waals surface area (Å²) in [7, 11) is 1.68. The number of ether oxygens (including phenoxy) is 6. The van der Waals surface area contributed by atoms with Crippen LogP contribution < -0.4 is 28.4 Å². The van der Waals surface area contributed by atoms with E-state index in [0.717, 1.165) is 153 Å².